The van der Waals surface area contributed by atoms with Gasteiger partial charge < -0.3 is 9.47 Å². The maximum atomic E-state index is 13.1. The normalized spacial score (nSPS) is 16.2. The number of hydrogen-bond donors (Lipinski definition) is 0. The van der Waals surface area contributed by atoms with Crippen LogP contribution in [0.4, 0.5) is 0 Å². The average Bonchev–Trinajstić information content (AvgIpc) is 3.11. The monoisotopic (exact) mass is 514 g/mol. The molecule has 0 spiro atoms. The number of unbranched alkanes of at least 4 members (excludes halogenated alkanes) is 2. The number of benzene rings is 2. The van der Waals surface area contributed by atoms with Gasteiger partial charge in [-0.05, 0) is 61.0 Å². The lowest BCUT2D eigenvalue weighted by molar-refractivity contribution is -0.121. The van der Waals surface area contributed by atoms with Crippen LogP contribution in [0.1, 0.15) is 37.3 Å². The molecule has 0 unspecified atom stereocenters. The van der Waals surface area contributed by atoms with Crippen LogP contribution < -0.4 is 9.47 Å². The standard InChI is InChI=1S/C26H30N2O5S2/c1-5-7-8-16-33-22-14-11-20(17-23(22)32-4)18-24-25(29)28(15-6-2)26(34-24)27-35(30,31)21-12-9-19(3)10-13-21/h6,9-14,17-18H,2,5,7-8,15-16H2,1,3-4H3/b24-18-,27-26+. The lowest BCUT2D eigenvalue weighted by Gasteiger charge is -2.12. The zero-order valence-electron chi connectivity index (χ0n) is 20.2. The number of amidine groups is 1. The molecule has 3 rings (SSSR count). The van der Waals surface area contributed by atoms with Gasteiger partial charge in [-0.25, -0.2) is 0 Å². The van der Waals surface area contributed by atoms with Crippen molar-refractivity contribution in [3.8, 4) is 11.5 Å². The predicted molar refractivity (Wildman–Crippen MR) is 141 cm³/mol. The first kappa shape index (κ1) is 26.6. The third-order valence-corrected chi connectivity index (χ3v) is 7.61. The molecule has 1 fully saturated rings. The number of nitrogens with zero attached hydrogens (tertiary/aromatic N) is 2. The summed E-state index contributed by atoms with van der Waals surface area (Å²) < 4.78 is 41.0. The molecule has 0 N–H and O–H groups in total. The Kier molecular flexibility index (Phi) is 9.17. The van der Waals surface area contributed by atoms with Crippen LogP contribution in [0.2, 0.25) is 0 Å². The molecule has 1 heterocycles. The van der Waals surface area contributed by atoms with E-state index in [1.807, 2.05) is 13.0 Å². The zero-order valence-corrected chi connectivity index (χ0v) is 21.8. The van der Waals surface area contributed by atoms with Crippen LogP contribution in [0.3, 0.4) is 0 Å². The quantitative estimate of drug-likeness (QED) is 0.226. The first-order chi connectivity index (χ1) is 16.8. The second-order valence-corrected chi connectivity index (χ2v) is 10.6. The van der Waals surface area contributed by atoms with Crippen molar-refractivity contribution < 1.29 is 22.7 Å². The molecule has 0 aromatic heterocycles. The summed E-state index contributed by atoms with van der Waals surface area (Å²) in [4.78, 5) is 14.8. The summed E-state index contributed by atoms with van der Waals surface area (Å²) in [6.45, 7) is 8.42. The molecule has 0 bridgehead atoms. The first-order valence-corrected chi connectivity index (χ1v) is 13.6. The number of carbonyl (C=O) groups is 1. The molecule has 35 heavy (non-hydrogen) atoms. The fourth-order valence-electron chi connectivity index (χ4n) is 3.31. The van der Waals surface area contributed by atoms with Gasteiger partial charge in [-0.3, -0.25) is 9.69 Å². The summed E-state index contributed by atoms with van der Waals surface area (Å²) in [6.07, 6.45) is 6.38. The first-order valence-electron chi connectivity index (χ1n) is 11.3. The molecule has 0 aliphatic carbocycles. The Morgan fingerprint density at radius 1 is 1.11 bits per heavy atom. The third kappa shape index (κ3) is 6.76. The third-order valence-electron chi connectivity index (χ3n) is 5.21. The number of ether oxygens (including phenoxy) is 2. The van der Waals surface area contributed by atoms with Gasteiger partial charge in [0.1, 0.15) is 0 Å². The maximum absolute atomic E-state index is 13.1. The van der Waals surface area contributed by atoms with Gasteiger partial charge in [0.25, 0.3) is 15.9 Å². The van der Waals surface area contributed by atoms with Gasteiger partial charge in [0.15, 0.2) is 16.7 Å². The van der Waals surface area contributed by atoms with Crippen molar-refractivity contribution in [2.24, 2.45) is 4.40 Å². The Hall–Kier alpha value is -3.04. The lowest BCUT2D eigenvalue weighted by Crippen LogP contribution is -2.29. The van der Waals surface area contributed by atoms with Crippen molar-refractivity contribution in [3.05, 3.63) is 71.2 Å². The molecular formula is C26H30N2O5S2. The van der Waals surface area contributed by atoms with Crippen LogP contribution in [0.5, 0.6) is 11.5 Å². The molecule has 7 nitrogen and oxygen atoms in total. The number of rotatable bonds is 11. The molecule has 2 aromatic rings. The van der Waals surface area contributed by atoms with Crippen LogP contribution in [0, 0.1) is 6.92 Å². The van der Waals surface area contributed by atoms with Crippen LogP contribution in [-0.4, -0.2) is 44.7 Å². The molecule has 0 saturated carbocycles. The number of carbonyl (C=O) groups excluding carboxylic acids is 1. The van der Waals surface area contributed by atoms with E-state index in [9.17, 15) is 13.2 Å². The summed E-state index contributed by atoms with van der Waals surface area (Å²) in [7, 11) is -2.42. The minimum absolute atomic E-state index is 0.0684. The fraction of sp³-hybridized carbons (Fsp3) is 0.308. The minimum atomic E-state index is -3.99. The molecule has 186 valence electrons. The van der Waals surface area contributed by atoms with Crippen molar-refractivity contribution in [2.75, 3.05) is 20.3 Å². The van der Waals surface area contributed by atoms with Gasteiger partial charge in [-0.1, -0.05) is 49.6 Å². The summed E-state index contributed by atoms with van der Waals surface area (Å²) >= 11 is 1.01. The molecule has 2 aromatic carbocycles. The number of methoxy groups -OCH3 is 1. The Balaban J connectivity index is 1.88. The lowest BCUT2D eigenvalue weighted by atomic mass is 10.2. The van der Waals surface area contributed by atoms with Crippen LogP contribution in [0.15, 0.2) is 69.3 Å². The molecule has 1 aliphatic heterocycles. The smallest absolute Gasteiger partial charge is 0.284 e. The zero-order chi connectivity index (χ0) is 25.4. The Morgan fingerprint density at radius 3 is 2.51 bits per heavy atom. The Bertz CT molecular complexity index is 1230. The number of sulfonamides is 1. The van der Waals surface area contributed by atoms with Crippen molar-refractivity contribution in [3.63, 3.8) is 0 Å². The minimum Gasteiger partial charge on any atom is -0.493 e. The highest BCUT2D eigenvalue weighted by molar-refractivity contribution is 8.19. The molecule has 9 heteroatoms. The van der Waals surface area contributed by atoms with E-state index in [1.165, 1.54) is 23.1 Å². The van der Waals surface area contributed by atoms with Crippen molar-refractivity contribution in [2.45, 2.75) is 38.0 Å². The van der Waals surface area contributed by atoms with E-state index >= 15 is 0 Å². The molecule has 1 aliphatic rings. The van der Waals surface area contributed by atoms with Crippen LogP contribution in [0.25, 0.3) is 6.08 Å². The van der Waals surface area contributed by atoms with Crippen molar-refractivity contribution in [1.82, 2.24) is 4.90 Å². The van der Waals surface area contributed by atoms with E-state index < -0.39 is 10.0 Å². The van der Waals surface area contributed by atoms with Gasteiger partial charge >= 0.3 is 0 Å². The molecule has 0 atom stereocenters. The second-order valence-electron chi connectivity index (χ2n) is 7.94. The number of amides is 1. The van der Waals surface area contributed by atoms with E-state index in [-0.39, 0.29) is 22.5 Å². The average molecular weight is 515 g/mol. The maximum Gasteiger partial charge on any atom is 0.284 e. The highest BCUT2D eigenvalue weighted by Gasteiger charge is 2.34. The summed E-state index contributed by atoms with van der Waals surface area (Å²) in [6, 6.07) is 11.8. The number of hydrogen-bond acceptors (Lipinski definition) is 6. The van der Waals surface area contributed by atoms with Crippen LogP contribution in [-0.2, 0) is 14.8 Å². The molecule has 1 saturated heterocycles. The van der Waals surface area contributed by atoms with Gasteiger partial charge in [0, 0.05) is 6.54 Å². The molecule has 0 radical (unpaired) electrons. The fourth-order valence-corrected chi connectivity index (χ4v) is 5.50. The Labute approximate surface area is 211 Å². The summed E-state index contributed by atoms with van der Waals surface area (Å²) in [5, 5.41) is 0.0876. The largest absolute Gasteiger partial charge is 0.493 e. The van der Waals surface area contributed by atoms with E-state index in [0.717, 1.165) is 42.2 Å². The SMILES string of the molecule is C=CCN1C(=O)/C(=C/c2ccc(OCCCCC)c(OC)c2)S/C1=N/S(=O)(=O)c1ccc(C)cc1. The van der Waals surface area contributed by atoms with E-state index in [2.05, 4.69) is 17.9 Å². The summed E-state index contributed by atoms with van der Waals surface area (Å²) in [5.41, 5.74) is 1.66. The van der Waals surface area contributed by atoms with Gasteiger partial charge in [-0.2, -0.15) is 8.42 Å². The van der Waals surface area contributed by atoms with Gasteiger partial charge in [0.2, 0.25) is 0 Å². The second kappa shape index (κ2) is 12.1. The van der Waals surface area contributed by atoms with Crippen molar-refractivity contribution >= 4 is 38.9 Å². The highest BCUT2D eigenvalue weighted by atomic mass is 32.2. The Morgan fingerprint density at radius 2 is 1.86 bits per heavy atom. The van der Waals surface area contributed by atoms with Gasteiger partial charge in [-0.15, -0.1) is 11.0 Å². The topological polar surface area (TPSA) is 85.3 Å². The van der Waals surface area contributed by atoms with E-state index in [1.54, 1.807) is 37.5 Å². The molecule has 1 amide bonds. The molecular weight excluding hydrogens is 484 g/mol. The highest BCUT2D eigenvalue weighted by Crippen LogP contribution is 2.35. The van der Waals surface area contributed by atoms with Crippen molar-refractivity contribution in [1.29, 1.82) is 0 Å². The predicted octanol–water partition coefficient (Wildman–Crippen LogP) is 5.42. The number of thioether (sulfide) groups is 1. The van der Waals surface area contributed by atoms with Crippen LogP contribution >= 0.6 is 11.8 Å². The van der Waals surface area contributed by atoms with E-state index in [4.69, 9.17) is 9.47 Å². The number of aryl methyl sites for hydroxylation is 1. The van der Waals surface area contributed by atoms with Gasteiger partial charge in [0.05, 0.1) is 23.5 Å². The summed E-state index contributed by atoms with van der Waals surface area (Å²) in [5.74, 6) is 0.854. The van der Waals surface area contributed by atoms with E-state index in [0.29, 0.717) is 23.0 Å².